The fourth-order valence-corrected chi connectivity index (χ4v) is 2.71. The van der Waals surface area contributed by atoms with Gasteiger partial charge in [-0.15, -0.1) is 0 Å². The minimum Gasteiger partial charge on any atom is -0.478 e. The van der Waals surface area contributed by atoms with E-state index in [9.17, 15) is 9.90 Å². The predicted molar refractivity (Wildman–Crippen MR) is 93.2 cm³/mol. The van der Waals surface area contributed by atoms with Crippen LogP contribution in [0.5, 0.6) is 0 Å². The first-order valence-electron chi connectivity index (χ1n) is 7.82. The summed E-state index contributed by atoms with van der Waals surface area (Å²) in [5.74, 6) is -0.978. The molecule has 1 aromatic carbocycles. The Morgan fingerprint density at radius 2 is 1.96 bits per heavy atom. The van der Waals surface area contributed by atoms with Crippen LogP contribution in [0.3, 0.4) is 0 Å². The molecule has 0 saturated carbocycles. The average Bonchev–Trinajstić information content (AvgIpc) is 3.22. The van der Waals surface area contributed by atoms with Crippen molar-refractivity contribution in [2.45, 2.75) is 20.4 Å². The van der Waals surface area contributed by atoms with Crippen LogP contribution < -0.4 is 0 Å². The van der Waals surface area contributed by atoms with Gasteiger partial charge in [0.05, 0.1) is 29.0 Å². The Hall–Kier alpha value is -3.15. The molecular formula is C18H18N4O2. The smallest absolute Gasteiger partial charge is 0.338 e. The van der Waals surface area contributed by atoms with Crippen LogP contribution in [-0.4, -0.2) is 30.6 Å². The number of aromatic amines is 1. The molecule has 0 aliphatic rings. The second-order valence-electron chi connectivity index (χ2n) is 5.08. The molecule has 6 heteroatoms. The van der Waals surface area contributed by atoms with Gasteiger partial charge in [0, 0.05) is 12.7 Å². The summed E-state index contributed by atoms with van der Waals surface area (Å²) < 4.78 is 1.85. The number of aromatic nitrogens is 4. The molecule has 122 valence electrons. The van der Waals surface area contributed by atoms with Crippen LogP contribution in [0.4, 0.5) is 0 Å². The van der Waals surface area contributed by atoms with Gasteiger partial charge < -0.3 is 14.7 Å². The molecule has 0 saturated heterocycles. The van der Waals surface area contributed by atoms with Gasteiger partial charge in [-0.1, -0.05) is 44.2 Å². The van der Waals surface area contributed by atoms with Crippen molar-refractivity contribution in [2.24, 2.45) is 0 Å². The molecule has 3 aromatic heterocycles. The monoisotopic (exact) mass is 322 g/mol. The van der Waals surface area contributed by atoms with Gasteiger partial charge in [-0.3, -0.25) is 0 Å². The summed E-state index contributed by atoms with van der Waals surface area (Å²) in [5.41, 5.74) is 3.29. The van der Waals surface area contributed by atoms with E-state index in [4.69, 9.17) is 0 Å². The molecule has 0 radical (unpaired) electrons. The van der Waals surface area contributed by atoms with E-state index in [1.54, 1.807) is 18.7 Å². The lowest BCUT2D eigenvalue weighted by Crippen LogP contribution is -1.99. The molecule has 0 bridgehead atoms. The number of fused-ring (bicyclic) bond motifs is 3. The summed E-state index contributed by atoms with van der Waals surface area (Å²) in [6.45, 7) is 4.56. The highest BCUT2D eigenvalue weighted by molar-refractivity contribution is 6.12. The number of imidazole rings is 1. The highest BCUT2D eigenvalue weighted by Gasteiger charge is 2.19. The molecule has 0 spiro atoms. The average molecular weight is 322 g/mol. The highest BCUT2D eigenvalue weighted by atomic mass is 16.4. The molecule has 2 N–H and O–H groups in total. The molecule has 4 aromatic rings. The molecule has 6 nitrogen and oxygen atoms in total. The van der Waals surface area contributed by atoms with Crippen LogP contribution in [-0.2, 0) is 6.54 Å². The van der Waals surface area contributed by atoms with E-state index in [2.05, 4.69) is 15.0 Å². The minimum absolute atomic E-state index is 0.219. The van der Waals surface area contributed by atoms with Crippen molar-refractivity contribution in [3.63, 3.8) is 0 Å². The van der Waals surface area contributed by atoms with Gasteiger partial charge in [0.2, 0.25) is 0 Å². The number of nitrogens with zero attached hydrogens (tertiary/aromatic N) is 3. The first kappa shape index (κ1) is 15.7. The molecule has 0 unspecified atom stereocenters. The lowest BCUT2D eigenvalue weighted by molar-refractivity contribution is 0.0699. The topological polar surface area (TPSA) is 83.8 Å². The predicted octanol–water partition coefficient (Wildman–Crippen LogP) is 3.69. The maximum atomic E-state index is 11.6. The lowest BCUT2D eigenvalue weighted by Gasteiger charge is -2.04. The van der Waals surface area contributed by atoms with Gasteiger partial charge in [-0.05, 0) is 5.56 Å². The van der Waals surface area contributed by atoms with Gasteiger partial charge in [0.1, 0.15) is 11.2 Å². The van der Waals surface area contributed by atoms with Gasteiger partial charge in [0.15, 0.2) is 0 Å². The van der Waals surface area contributed by atoms with Crippen molar-refractivity contribution in [2.75, 3.05) is 0 Å². The van der Waals surface area contributed by atoms with E-state index >= 15 is 0 Å². The van der Waals surface area contributed by atoms with Crippen molar-refractivity contribution < 1.29 is 9.90 Å². The van der Waals surface area contributed by atoms with Crippen LogP contribution in [0, 0.1) is 0 Å². The SMILES string of the molecule is CC.O=C(O)c1cn(Cc2ccccc2)c2ncc3[nH]cnc3c12. The number of pyridine rings is 1. The zero-order valence-electron chi connectivity index (χ0n) is 13.5. The Balaban J connectivity index is 0.000000815. The number of aromatic carboxylic acids is 1. The molecule has 0 aliphatic carbocycles. The fraction of sp³-hybridized carbons (Fsp3) is 0.167. The zero-order chi connectivity index (χ0) is 17.1. The van der Waals surface area contributed by atoms with Crippen molar-refractivity contribution in [1.29, 1.82) is 0 Å². The highest BCUT2D eigenvalue weighted by Crippen LogP contribution is 2.27. The van der Waals surface area contributed by atoms with Gasteiger partial charge in [-0.2, -0.15) is 0 Å². The van der Waals surface area contributed by atoms with E-state index in [1.807, 2.05) is 48.7 Å². The number of hydrogen-bond donors (Lipinski definition) is 2. The maximum Gasteiger partial charge on any atom is 0.338 e. The zero-order valence-corrected chi connectivity index (χ0v) is 13.5. The normalized spacial score (nSPS) is 10.6. The third-order valence-corrected chi connectivity index (χ3v) is 3.70. The molecule has 0 amide bonds. The van der Waals surface area contributed by atoms with Crippen LogP contribution >= 0.6 is 0 Å². The third-order valence-electron chi connectivity index (χ3n) is 3.70. The second-order valence-corrected chi connectivity index (χ2v) is 5.08. The minimum atomic E-state index is -0.978. The van der Waals surface area contributed by atoms with Crippen LogP contribution in [0.25, 0.3) is 22.1 Å². The molecular weight excluding hydrogens is 304 g/mol. The van der Waals surface area contributed by atoms with Crippen LogP contribution in [0.2, 0.25) is 0 Å². The molecule has 24 heavy (non-hydrogen) atoms. The number of benzene rings is 1. The Morgan fingerprint density at radius 1 is 1.21 bits per heavy atom. The largest absolute Gasteiger partial charge is 0.478 e. The van der Waals surface area contributed by atoms with Crippen molar-refractivity contribution in [3.8, 4) is 0 Å². The van der Waals surface area contributed by atoms with Gasteiger partial charge >= 0.3 is 5.97 Å². The summed E-state index contributed by atoms with van der Waals surface area (Å²) in [4.78, 5) is 23.2. The standard InChI is InChI=1S/C16H12N4O2.C2H6/c21-16(22)11-8-20(7-10-4-2-1-3-5-10)15-13(11)14-12(6-17-15)18-9-19-14;1-2/h1-6,8-9H,7H2,(H,18,19)(H,21,22);1-2H3. The Morgan fingerprint density at radius 3 is 2.67 bits per heavy atom. The van der Waals surface area contributed by atoms with E-state index in [1.165, 1.54) is 0 Å². The molecule has 4 rings (SSSR count). The summed E-state index contributed by atoms with van der Waals surface area (Å²) in [6, 6.07) is 9.86. The van der Waals surface area contributed by atoms with Crippen LogP contribution in [0.15, 0.2) is 49.1 Å². The van der Waals surface area contributed by atoms with Gasteiger partial charge in [-0.25, -0.2) is 14.8 Å². The molecule has 3 heterocycles. The van der Waals surface area contributed by atoms with E-state index < -0.39 is 5.97 Å². The number of hydrogen-bond acceptors (Lipinski definition) is 3. The third kappa shape index (κ3) is 2.62. The fourth-order valence-electron chi connectivity index (χ4n) is 2.71. The summed E-state index contributed by atoms with van der Waals surface area (Å²) in [7, 11) is 0. The van der Waals surface area contributed by atoms with E-state index in [0.29, 0.717) is 23.1 Å². The van der Waals surface area contributed by atoms with E-state index in [-0.39, 0.29) is 5.56 Å². The van der Waals surface area contributed by atoms with E-state index in [0.717, 1.165) is 11.1 Å². The summed E-state index contributed by atoms with van der Waals surface area (Å²) >= 11 is 0. The first-order valence-corrected chi connectivity index (χ1v) is 7.82. The number of carbonyl (C=O) groups is 1. The van der Waals surface area contributed by atoms with Crippen LogP contribution in [0.1, 0.15) is 29.8 Å². The Bertz CT molecular complexity index is 986. The van der Waals surface area contributed by atoms with Crippen molar-refractivity contribution in [3.05, 3.63) is 60.2 Å². The number of carboxylic acid groups (broad SMARTS) is 1. The Kier molecular flexibility index (Phi) is 4.29. The first-order chi connectivity index (χ1) is 11.7. The molecule has 0 aliphatic heterocycles. The molecule has 0 fully saturated rings. The second kappa shape index (κ2) is 6.54. The lowest BCUT2D eigenvalue weighted by atomic mass is 10.2. The quantitative estimate of drug-likeness (QED) is 0.602. The van der Waals surface area contributed by atoms with Gasteiger partial charge in [0.25, 0.3) is 0 Å². The summed E-state index contributed by atoms with van der Waals surface area (Å²) in [5, 5.41) is 10.1. The number of nitrogens with one attached hydrogen (secondary N) is 1. The summed E-state index contributed by atoms with van der Waals surface area (Å²) in [6.07, 6.45) is 4.85. The molecule has 0 atom stereocenters. The Labute approximate surface area is 138 Å². The number of rotatable bonds is 3. The number of H-pyrrole nitrogens is 1. The number of carboxylic acids is 1. The van der Waals surface area contributed by atoms with Crippen molar-refractivity contribution in [1.82, 2.24) is 19.5 Å². The van der Waals surface area contributed by atoms with Crippen molar-refractivity contribution >= 4 is 28.0 Å². The maximum absolute atomic E-state index is 11.6.